The molecular weight excluding hydrogens is 368 g/mol. The third-order valence-electron chi connectivity index (χ3n) is 5.06. The number of carbonyl (C=O) groups is 1. The number of morpholine rings is 1. The number of fused-ring (bicyclic) bond motifs is 1. The number of hydrogen-bond donors (Lipinski definition) is 3. The van der Waals surface area contributed by atoms with Gasteiger partial charge in [0.1, 0.15) is 6.54 Å². The molecule has 2 heterocycles. The lowest BCUT2D eigenvalue weighted by molar-refractivity contribution is -0.127. The molecule has 1 aromatic carbocycles. The van der Waals surface area contributed by atoms with Crippen molar-refractivity contribution in [2.24, 2.45) is 4.99 Å². The second kappa shape index (κ2) is 10.8. The van der Waals surface area contributed by atoms with Crippen molar-refractivity contribution in [3.05, 3.63) is 36.0 Å². The molecule has 0 radical (unpaired) electrons. The van der Waals surface area contributed by atoms with Crippen molar-refractivity contribution in [1.82, 2.24) is 25.4 Å². The summed E-state index contributed by atoms with van der Waals surface area (Å²) in [5.41, 5.74) is 2.42. The Morgan fingerprint density at radius 3 is 2.76 bits per heavy atom. The van der Waals surface area contributed by atoms with Gasteiger partial charge in [0.15, 0.2) is 5.96 Å². The van der Waals surface area contributed by atoms with Gasteiger partial charge >= 0.3 is 0 Å². The number of guanidine groups is 1. The number of ether oxygens (including phenoxy) is 1. The minimum absolute atomic E-state index is 0.0177. The second-order valence-electron chi connectivity index (χ2n) is 7.37. The monoisotopic (exact) mass is 400 g/mol. The van der Waals surface area contributed by atoms with Crippen LogP contribution in [0.15, 0.2) is 35.5 Å². The number of aromatic nitrogens is 1. The van der Waals surface area contributed by atoms with Crippen molar-refractivity contribution < 1.29 is 9.53 Å². The molecule has 0 saturated carbocycles. The fourth-order valence-electron chi connectivity index (χ4n) is 3.27. The van der Waals surface area contributed by atoms with Crippen LogP contribution in [0.3, 0.4) is 0 Å². The van der Waals surface area contributed by atoms with Crippen LogP contribution in [0.4, 0.5) is 0 Å². The number of aromatic amines is 1. The summed E-state index contributed by atoms with van der Waals surface area (Å²) >= 11 is 0. The topological polar surface area (TPSA) is 85.0 Å². The molecule has 0 aliphatic carbocycles. The van der Waals surface area contributed by atoms with Crippen LogP contribution in [-0.2, 0) is 16.0 Å². The number of carbonyl (C=O) groups excluding carboxylic acids is 1. The molecule has 1 saturated heterocycles. The number of rotatable bonds is 8. The van der Waals surface area contributed by atoms with E-state index < -0.39 is 0 Å². The van der Waals surface area contributed by atoms with E-state index in [1.165, 1.54) is 10.9 Å². The van der Waals surface area contributed by atoms with Crippen molar-refractivity contribution in [1.29, 1.82) is 0 Å². The van der Waals surface area contributed by atoms with Gasteiger partial charge in [-0.2, -0.15) is 0 Å². The molecule has 1 amide bonds. The fourth-order valence-corrected chi connectivity index (χ4v) is 3.27. The zero-order chi connectivity index (χ0) is 20.5. The summed E-state index contributed by atoms with van der Waals surface area (Å²) in [7, 11) is 3.49. The lowest BCUT2D eigenvalue weighted by Crippen LogP contribution is -2.45. The van der Waals surface area contributed by atoms with E-state index >= 15 is 0 Å². The quantitative estimate of drug-likeness (QED) is 0.448. The van der Waals surface area contributed by atoms with Crippen molar-refractivity contribution in [2.75, 3.05) is 66.6 Å². The van der Waals surface area contributed by atoms with Gasteiger partial charge in [0.2, 0.25) is 5.91 Å². The van der Waals surface area contributed by atoms with Crippen LogP contribution in [0.1, 0.15) is 5.56 Å². The van der Waals surface area contributed by atoms with E-state index in [9.17, 15) is 4.79 Å². The number of likely N-dealkylation sites (N-methyl/N-ethyl adjacent to an activating group) is 1. The van der Waals surface area contributed by atoms with Crippen LogP contribution < -0.4 is 10.6 Å². The Balaban J connectivity index is 1.52. The number of H-pyrrole nitrogens is 1. The maximum atomic E-state index is 11.9. The molecule has 1 aliphatic rings. The summed E-state index contributed by atoms with van der Waals surface area (Å²) in [4.78, 5) is 23.6. The van der Waals surface area contributed by atoms with Gasteiger partial charge in [-0.3, -0.25) is 9.69 Å². The largest absolute Gasteiger partial charge is 0.379 e. The zero-order valence-corrected chi connectivity index (χ0v) is 17.4. The summed E-state index contributed by atoms with van der Waals surface area (Å²) in [6.07, 6.45) is 2.93. The lowest BCUT2D eigenvalue weighted by Gasteiger charge is -2.26. The van der Waals surface area contributed by atoms with E-state index in [0.717, 1.165) is 57.9 Å². The van der Waals surface area contributed by atoms with Gasteiger partial charge in [-0.05, 0) is 18.1 Å². The van der Waals surface area contributed by atoms with Gasteiger partial charge in [0, 0.05) is 63.9 Å². The highest BCUT2D eigenvalue weighted by atomic mass is 16.5. The maximum absolute atomic E-state index is 11.9. The van der Waals surface area contributed by atoms with Gasteiger partial charge in [0.05, 0.1) is 13.2 Å². The molecule has 1 aliphatic heterocycles. The summed E-state index contributed by atoms with van der Waals surface area (Å²) in [5, 5.41) is 7.97. The Labute approximate surface area is 172 Å². The van der Waals surface area contributed by atoms with E-state index in [4.69, 9.17) is 4.74 Å². The SMILES string of the molecule is CN(C)C(=O)CN=C(NCCc1c[nH]c2ccccc12)NCCN1CCOCC1. The molecule has 3 N–H and O–H groups in total. The van der Waals surface area contributed by atoms with Crippen LogP contribution in [0.25, 0.3) is 10.9 Å². The first-order chi connectivity index (χ1) is 14.1. The Morgan fingerprint density at radius 2 is 1.97 bits per heavy atom. The highest BCUT2D eigenvalue weighted by Crippen LogP contribution is 2.17. The molecule has 0 spiro atoms. The summed E-state index contributed by atoms with van der Waals surface area (Å²) in [6, 6.07) is 8.30. The van der Waals surface area contributed by atoms with Gasteiger partial charge < -0.3 is 25.3 Å². The van der Waals surface area contributed by atoms with E-state index in [1.54, 1.807) is 19.0 Å². The predicted octanol–water partition coefficient (Wildman–Crippen LogP) is 0.666. The third kappa shape index (κ3) is 6.47. The number of nitrogens with zero attached hydrogens (tertiary/aromatic N) is 3. The molecule has 0 bridgehead atoms. The number of para-hydroxylation sites is 1. The van der Waals surface area contributed by atoms with Crippen molar-refractivity contribution in [3.8, 4) is 0 Å². The molecule has 3 rings (SSSR count). The van der Waals surface area contributed by atoms with Crippen LogP contribution in [0.2, 0.25) is 0 Å². The normalized spacial score (nSPS) is 15.4. The second-order valence-corrected chi connectivity index (χ2v) is 7.37. The van der Waals surface area contributed by atoms with E-state index in [0.29, 0.717) is 5.96 Å². The standard InChI is InChI=1S/C21H32N6O2/c1-26(2)20(28)16-25-21(23-9-10-27-11-13-29-14-12-27)22-8-7-17-15-24-19-6-4-3-5-18(17)19/h3-6,15,24H,7-14,16H2,1-2H3,(H2,22,23,25). The first kappa shape index (κ1) is 21.1. The highest BCUT2D eigenvalue weighted by Gasteiger charge is 2.10. The van der Waals surface area contributed by atoms with Gasteiger partial charge in [-0.25, -0.2) is 4.99 Å². The Kier molecular flexibility index (Phi) is 7.89. The predicted molar refractivity (Wildman–Crippen MR) is 116 cm³/mol. The van der Waals surface area contributed by atoms with E-state index in [-0.39, 0.29) is 12.5 Å². The molecule has 8 heteroatoms. The molecule has 8 nitrogen and oxygen atoms in total. The average Bonchev–Trinajstić information content (AvgIpc) is 3.15. The molecule has 0 unspecified atom stereocenters. The maximum Gasteiger partial charge on any atom is 0.243 e. The molecule has 0 atom stereocenters. The van der Waals surface area contributed by atoms with Crippen LogP contribution in [0, 0.1) is 0 Å². The molecular formula is C21H32N6O2. The summed E-state index contributed by atoms with van der Waals surface area (Å²) in [5.74, 6) is 0.657. The summed E-state index contributed by atoms with van der Waals surface area (Å²) < 4.78 is 5.39. The Hall–Kier alpha value is -2.58. The lowest BCUT2D eigenvalue weighted by atomic mass is 10.1. The first-order valence-corrected chi connectivity index (χ1v) is 10.2. The number of nitrogens with one attached hydrogen (secondary N) is 3. The van der Waals surface area contributed by atoms with Crippen molar-refractivity contribution in [3.63, 3.8) is 0 Å². The van der Waals surface area contributed by atoms with Crippen LogP contribution in [-0.4, -0.2) is 93.2 Å². The van der Waals surface area contributed by atoms with Gasteiger partial charge in [-0.15, -0.1) is 0 Å². The highest BCUT2D eigenvalue weighted by molar-refractivity contribution is 5.85. The fraction of sp³-hybridized carbons (Fsp3) is 0.524. The Morgan fingerprint density at radius 1 is 1.21 bits per heavy atom. The number of aliphatic imine (C=N–C) groups is 1. The van der Waals surface area contributed by atoms with E-state index in [2.05, 4.69) is 49.9 Å². The minimum Gasteiger partial charge on any atom is -0.379 e. The van der Waals surface area contributed by atoms with Crippen LogP contribution in [0.5, 0.6) is 0 Å². The van der Waals surface area contributed by atoms with Crippen LogP contribution >= 0.6 is 0 Å². The number of hydrogen-bond acceptors (Lipinski definition) is 4. The zero-order valence-electron chi connectivity index (χ0n) is 17.4. The molecule has 158 valence electrons. The van der Waals surface area contributed by atoms with Crippen molar-refractivity contribution >= 4 is 22.8 Å². The van der Waals surface area contributed by atoms with Gasteiger partial charge in [-0.1, -0.05) is 18.2 Å². The summed E-state index contributed by atoms with van der Waals surface area (Å²) in [6.45, 7) is 6.07. The Bertz CT molecular complexity index is 810. The average molecular weight is 401 g/mol. The molecule has 2 aromatic rings. The number of amides is 1. The minimum atomic E-state index is -0.0177. The number of benzene rings is 1. The molecule has 29 heavy (non-hydrogen) atoms. The van der Waals surface area contributed by atoms with Gasteiger partial charge in [0.25, 0.3) is 0 Å². The first-order valence-electron chi connectivity index (χ1n) is 10.2. The smallest absolute Gasteiger partial charge is 0.243 e. The molecule has 1 aromatic heterocycles. The van der Waals surface area contributed by atoms with E-state index in [1.807, 2.05) is 6.07 Å². The van der Waals surface area contributed by atoms with Crippen molar-refractivity contribution in [2.45, 2.75) is 6.42 Å². The molecule has 1 fully saturated rings. The third-order valence-corrected chi connectivity index (χ3v) is 5.06.